The summed E-state index contributed by atoms with van der Waals surface area (Å²) in [6, 6.07) is 18.6. The lowest BCUT2D eigenvalue weighted by Gasteiger charge is -2.19. The molecule has 0 bridgehead atoms. The van der Waals surface area contributed by atoms with Crippen LogP contribution in [0.3, 0.4) is 0 Å². The minimum absolute atomic E-state index is 0.0374. The van der Waals surface area contributed by atoms with Gasteiger partial charge in [-0.05, 0) is 36.3 Å². The van der Waals surface area contributed by atoms with Crippen molar-refractivity contribution in [3.05, 3.63) is 65.7 Å². The fourth-order valence-electron chi connectivity index (χ4n) is 3.24. The van der Waals surface area contributed by atoms with Crippen molar-refractivity contribution in [3.8, 4) is 11.4 Å². The fourth-order valence-corrected chi connectivity index (χ4v) is 3.91. The van der Waals surface area contributed by atoms with E-state index in [1.165, 1.54) is 27.6 Å². The van der Waals surface area contributed by atoms with Gasteiger partial charge in [-0.2, -0.15) is 0 Å². The number of hydrogen-bond acceptors (Lipinski definition) is 5. The van der Waals surface area contributed by atoms with Gasteiger partial charge in [0.25, 0.3) is 0 Å². The van der Waals surface area contributed by atoms with Gasteiger partial charge in [-0.15, -0.1) is 10.2 Å². The third-order valence-corrected chi connectivity index (χ3v) is 6.07. The molecule has 164 valence electrons. The van der Waals surface area contributed by atoms with Gasteiger partial charge in [0.05, 0.1) is 5.75 Å². The molecule has 2 aromatic carbocycles. The zero-order chi connectivity index (χ0) is 22.4. The third-order valence-electron chi connectivity index (χ3n) is 5.12. The van der Waals surface area contributed by atoms with Crippen LogP contribution in [0.1, 0.15) is 45.2 Å². The molecule has 0 saturated heterocycles. The van der Waals surface area contributed by atoms with Crippen LogP contribution in [-0.2, 0) is 16.6 Å². The largest absolute Gasteiger partial charge is 0.353 e. The Balaban J connectivity index is 1.52. The second-order valence-electron chi connectivity index (χ2n) is 8.79. The second-order valence-corrected chi connectivity index (χ2v) is 9.73. The molecule has 0 aliphatic rings. The number of aryl methyl sites for hydroxylation is 1. The summed E-state index contributed by atoms with van der Waals surface area (Å²) in [7, 11) is 0. The molecule has 1 atom stereocenters. The number of carbonyl (C=O) groups is 1. The molecule has 3 aromatic rings. The summed E-state index contributed by atoms with van der Waals surface area (Å²) in [4.78, 5) is 12.3. The SMILES string of the molecule is CC(CCc1ccccc1)NC(=O)CSc1nnc(-c2ccc(C(C)(C)C)cc2)n1N. The topological polar surface area (TPSA) is 85.8 Å². The van der Waals surface area contributed by atoms with Crippen LogP contribution in [0.2, 0.25) is 0 Å². The van der Waals surface area contributed by atoms with Crippen molar-refractivity contribution >= 4 is 17.7 Å². The van der Waals surface area contributed by atoms with Crippen LogP contribution in [-0.4, -0.2) is 32.6 Å². The molecule has 6 nitrogen and oxygen atoms in total. The minimum atomic E-state index is -0.0374. The van der Waals surface area contributed by atoms with Crippen molar-refractivity contribution in [3.63, 3.8) is 0 Å². The van der Waals surface area contributed by atoms with Gasteiger partial charge in [-0.25, -0.2) is 4.68 Å². The van der Waals surface area contributed by atoms with Gasteiger partial charge < -0.3 is 11.2 Å². The van der Waals surface area contributed by atoms with E-state index < -0.39 is 0 Å². The lowest BCUT2D eigenvalue weighted by atomic mass is 9.87. The first-order valence-electron chi connectivity index (χ1n) is 10.5. The summed E-state index contributed by atoms with van der Waals surface area (Å²) in [5.74, 6) is 6.99. The minimum Gasteiger partial charge on any atom is -0.353 e. The predicted octanol–water partition coefficient (Wildman–Crippen LogP) is 4.19. The number of nitrogens with zero attached hydrogens (tertiary/aromatic N) is 3. The van der Waals surface area contributed by atoms with Crippen LogP contribution in [0.15, 0.2) is 59.8 Å². The average molecular weight is 438 g/mol. The number of nitrogens with two attached hydrogens (primary N) is 1. The van der Waals surface area contributed by atoms with Crippen LogP contribution < -0.4 is 11.2 Å². The van der Waals surface area contributed by atoms with Gasteiger partial charge >= 0.3 is 0 Å². The van der Waals surface area contributed by atoms with E-state index in [0.717, 1.165) is 18.4 Å². The maximum Gasteiger partial charge on any atom is 0.230 e. The summed E-state index contributed by atoms with van der Waals surface area (Å²) in [5, 5.41) is 11.9. The van der Waals surface area contributed by atoms with Gasteiger partial charge in [0.2, 0.25) is 11.1 Å². The van der Waals surface area contributed by atoms with E-state index in [2.05, 4.69) is 60.6 Å². The smallest absolute Gasteiger partial charge is 0.230 e. The maximum absolute atomic E-state index is 12.3. The molecule has 0 saturated carbocycles. The summed E-state index contributed by atoms with van der Waals surface area (Å²) < 4.78 is 1.45. The molecule has 0 fully saturated rings. The van der Waals surface area contributed by atoms with Crippen LogP contribution in [0.5, 0.6) is 0 Å². The molecule has 1 aromatic heterocycles. The van der Waals surface area contributed by atoms with Crippen molar-refractivity contribution in [2.24, 2.45) is 0 Å². The van der Waals surface area contributed by atoms with Crippen molar-refractivity contribution in [2.75, 3.05) is 11.6 Å². The number of amides is 1. The van der Waals surface area contributed by atoms with E-state index in [1.807, 2.05) is 37.3 Å². The van der Waals surface area contributed by atoms with Crippen molar-refractivity contribution in [2.45, 2.75) is 57.1 Å². The molecule has 0 radical (unpaired) electrons. The highest BCUT2D eigenvalue weighted by molar-refractivity contribution is 7.99. The Hall–Kier alpha value is -2.80. The van der Waals surface area contributed by atoms with Crippen LogP contribution in [0.25, 0.3) is 11.4 Å². The summed E-state index contributed by atoms with van der Waals surface area (Å²) in [5.41, 5.74) is 3.50. The number of rotatable bonds is 8. The molecule has 3 rings (SSSR count). The van der Waals surface area contributed by atoms with Crippen LogP contribution >= 0.6 is 11.8 Å². The van der Waals surface area contributed by atoms with Crippen molar-refractivity contribution < 1.29 is 4.79 Å². The highest BCUT2D eigenvalue weighted by Gasteiger charge is 2.17. The number of nitrogens with one attached hydrogen (secondary N) is 1. The van der Waals surface area contributed by atoms with Gasteiger partial charge in [-0.1, -0.05) is 87.1 Å². The molecule has 1 heterocycles. The average Bonchev–Trinajstić information content (AvgIpc) is 3.11. The van der Waals surface area contributed by atoms with Crippen LogP contribution in [0, 0.1) is 0 Å². The lowest BCUT2D eigenvalue weighted by molar-refractivity contribution is -0.119. The molecule has 1 unspecified atom stereocenters. The quantitative estimate of drug-likeness (QED) is 0.408. The number of hydrogen-bond donors (Lipinski definition) is 2. The zero-order valence-corrected chi connectivity index (χ0v) is 19.4. The van der Waals surface area contributed by atoms with Crippen molar-refractivity contribution in [1.82, 2.24) is 20.2 Å². The van der Waals surface area contributed by atoms with E-state index in [4.69, 9.17) is 5.84 Å². The highest BCUT2D eigenvalue weighted by atomic mass is 32.2. The number of carbonyl (C=O) groups excluding carboxylic acids is 1. The molecule has 0 spiro atoms. The van der Waals surface area contributed by atoms with Gasteiger partial charge in [0.1, 0.15) is 0 Å². The number of benzene rings is 2. The third kappa shape index (κ3) is 6.34. The molecular weight excluding hydrogens is 406 g/mol. The highest BCUT2D eigenvalue weighted by Crippen LogP contribution is 2.26. The predicted molar refractivity (Wildman–Crippen MR) is 127 cm³/mol. The van der Waals surface area contributed by atoms with E-state index in [0.29, 0.717) is 11.0 Å². The van der Waals surface area contributed by atoms with Crippen LogP contribution in [0.4, 0.5) is 0 Å². The second kappa shape index (κ2) is 10.0. The Bertz CT molecular complexity index is 993. The Morgan fingerprint density at radius 3 is 2.42 bits per heavy atom. The molecule has 3 N–H and O–H groups in total. The monoisotopic (exact) mass is 437 g/mol. The molecule has 7 heteroatoms. The Morgan fingerprint density at radius 1 is 1.10 bits per heavy atom. The van der Waals surface area contributed by atoms with E-state index >= 15 is 0 Å². The van der Waals surface area contributed by atoms with E-state index in [-0.39, 0.29) is 23.1 Å². The normalized spacial score (nSPS) is 12.5. The lowest BCUT2D eigenvalue weighted by Crippen LogP contribution is -2.34. The first-order chi connectivity index (χ1) is 14.7. The number of nitrogen functional groups attached to an aromatic ring is 1. The Morgan fingerprint density at radius 2 is 1.77 bits per heavy atom. The van der Waals surface area contributed by atoms with Gasteiger partial charge in [0, 0.05) is 11.6 Å². The van der Waals surface area contributed by atoms with Gasteiger partial charge in [-0.3, -0.25) is 4.79 Å². The number of aromatic nitrogens is 3. The molecule has 1 amide bonds. The standard InChI is InChI=1S/C24H31N5OS/c1-17(10-11-18-8-6-5-7-9-18)26-21(30)16-31-23-28-27-22(29(23)25)19-12-14-20(15-13-19)24(2,3)4/h5-9,12-15,17H,10-11,16,25H2,1-4H3,(H,26,30). The summed E-state index contributed by atoms with van der Waals surface area (Å²) in [6.07, 6.45) is 1.83. The molecule has 0 aliphatic heterocycles. The Labute approximate surface area is 188 Å². The van der Waals surface area contributed by atoms with E-state index in [9.17, 15) is 4.79 Å². The van der Waals surface area contributed by atoms with E-state index in [1.54, 1.807) is 0 Å². The fraction of sp³-hybridized carbons (Fsp3) is 0.375. The molecular formula is C24H31N5OS. The van der Waals surface area contributed by atoms with Gasteiger partial charge in [0.15, 0.2) is 5.82 Å². The number of thioether (sulfide) groups is 1. The zero-order valence-electron chi connectivity index (χ0n) is 18.6. The Kier molecular flexibility index (Phi) is 7.38. The van der Waals surface area contributed by atoms with Crippen molar-refractivity contribution in [1.29, 1.82) is 0 Å². The molecule has 31 heavy (non-hydrogen) atoms. The summed E-state index contributed by atoms with van der Waals surface area (Å²) in [6.45, 7) is 8.55. The first-order valence-corrected chi connectivity index (χ1v) is 11.5. The molecule has 0 aliphatic carbocycles. The maximum atomic E-state index is 12.3. The summed E-state index contributed by atoms with van der Waals surface area (Å²) >= 11 is 1.29. The first kappa shape index (κ1) is 22.9.